The smallest absolute Gasteiger partial charge is 0.290 e. The first-order valence-corrected chi connectivity index (χ1v) is 6.44. The SMILES string of the molecule is CC(=O)C1=C(O)C(=O)N(CC(=O)[O-])[C@H]1c1ccccc1[N+](=O)[O-]. The highest BCUT2D eigenvalue weighted by Crippen LogP contribution is 2.40. The average molecular weight is 319 g/mol. The van der Waals surface area contributed by atoms with Crippen molar-refractivity contribution in [1.82, 2.24) is 4.90 Å². The molecule has 0 aromatic heterocycles. The molecule has 2 rings (SSSR count). The van der Waals surface area contributed by atoms with Crippen molar-refractivity contribution in [1.29, 1.82) is 0 Å². The highest BCUT2D eigenvalue weighted by atomic mass is 16.6. The number of benzene rings is 1. The third-order valence-electron chi connectivity index (χ3n) is 3.41. The first kappa shape index (κ1) is 16.1. The van der Waals surface area contributed by atoms with Gasteiger partial charge in [0.15, 0.2) is 11.5 Å². The Morgan fingerprint density at radius 2 is 1.96 bits per heavy atom. The van der Waals surface area contributed by atoms with Crippen molar-refractivity contribution in [2.75, 3.05) is 6.54 Å². The number of nitrogens with zero attached hydrogens (tertiary/aromatic N) is 2. The summed E-state index contributed by atoms with van der Waals surface area (Å²) in [5, 5.41) is 31.9. The fourth-order valence-electron chi connectivity index (χ4n) is 2.52. The molecule has 0 spiro atoms. The van der Waals surface area contributed by atoms with Gasteiger partial charge in [0.2, 0.25) is 0 Å². The molecule has 0 radical (unpaired) electrons. The molecular formula is C14H11N2O7-. The second-order valence-electron chi connectivity index (χ2n) is 4.84. The summed E-state index contributed by atoms with van der Waals surface area (Å²) in [5.74, 6) is -4.33. The van der Waals surface area contributed by atoms with Crippen LogP contribution in [0.15, 0.2) is 35.6 Å². The van der Waals surface area contributed by atoms with Crippen LogP contribution in [0.4, 0.5) is 5.69 Å². The van der Waals surface area contributed by atoms with Gasteiger partial charge in [-0.2, -0.15) is 0 Å². The van der Waals surface area contributed by atoms with Crippen LogP contribution in [-0.2, 0) is 14.4 Å². The van der Waals surface area contributed by atoms with Gasteiger partial charge in [-0.05, 0) is 13.0 Å². The zero-order valence-electron chi connectivity index (χ0n) is 11.9. The van der Waals surface area contributed by atoms with Crippen LogP contribution in [0.2, 0.25) is 0 Å². The molecule has 1 aliphatic heterocycles. The van der Waals surface area contributed by atoms with Crippen LogP contribution in [-0.4, -0.2) is 39.1 Å². The lowest BCUT2D eigenvalue weighted by molar-refractivity contribution is -0.385. The molecule has 0 saturated carbocycles. The summed E-state index contributed by atoms with van der Waals surface area (Å²) in [6.45, 7) is 0.152. The van der Waals surface area contributed by atoms with E-state index < -0.39 is 46.6 Å². The minimum atomic E-state index is -1.63. The number of carboxylic acids is 1. The van der Waals surface area contributed by atoms with Crippen molar-refractivity contribution in [3.8, 4) is 0 Å². The lowest BCUT2D eigenvalue weighted by atomic mass is 9.95. The van der Waals surface area contributed by atoms with Gasteiger partial charge in [0, 0.05) is 6.07 Å². The van der Waals surface area contributed by atoms with Gasteiger partial charge in [0.05, 0.1) is 34.6 Å². The van der Waals surface area contributed by atoms with Crippen molar-refractivity contribution < 1.29 is 29.5 Å². The van der Waals surface area contributed by atoms with Crippen LogP contribution in [0.25, 0.3) is 0 Å². The first-order valence-electron chi connectivity index (χ1n) is 6.44. The second kappa shape index (κ2) is 5.87. The summed E-state index contributed by atoms with van der Waals surface area (Å²) < 4.78 is 0. The summed E-state index contributed by atoms with van der Waals surface area (Å²) in [4.78, 5) is 45.7. The van der Waals surface area contributed by atoms with E-state index in [4.69, 9.17) is 0 Å². The Bertz CT molecular complexity index is 753. The molecule has 120 valence electrons. The zero-order valence-corrected chi connectivity index (χ0v) is 11.9. The van der Waals surface area contributed by atoms with E-state index in [1.54, 1.807) is 0 Å². The van der Waals surface area contributed by atoms with Crippen LogP contribution >= 0.6 is 0 Å². The molecule has 0 bridgehead atoms. The molecule has 9 heteroatoms. The summed E-state index contributed by atoms with van der Waals surface area (Å²) >= 11 is 0. The maximum atomic E-state index is 12.0. The summed E-state index contributed by atoms with van der Waals surface area (Å²) in [6, 6.07) is 3.92. The predicted molar refractivity (Wildman–Crippen MR) is 72.9 cm³/mol. The Kier molecular flexibility index (Phi) is 4.12. The maximum absolute atomic E-state index is 12.0. The molecule has 0 unspecified atom stereocenters. The number of Topliss-reactive ketones (excluding diaryl/α,β-unsaturated/α-hetero) is 1. The molecular weight excluding hydrogens is 308 g/mol. The third-order valence-corrected chi connectivity index (χ3v) is 3.41. The topological polar surface area (TPSA) is 141 Å². The number of aliphatic hydroxyl groups excluding tert-OH is 1. The monoisotopic (exact) mass is 319 g/mol. The number of hydrogen-bond acceptors (Lipinski definition) is 7. The number of aliphatic carboxylic acids is 1. The van der Waals surface area contributed by atoms with Crippen molar-refractivity contribution >= 4 is 23.3 Å². The van der Waals surface area contributed by atoms with Gasteiger partial charge < -0.3 is 19.9 Å². The van der Waals surface area contributed by atoms with Crippen molar-refractivity contribution in [3.63, 3.8) is 0 Å². The highest BCUT2D eigenvalue weighted by molar-refractivity contribution is 6.08. The fourth-order valence-corrected chi connectivity index (χ4v) is 2.52. The summed E-state index contributed by atoms with van der Waals surface area (Å²) in [7, 11) is 0. The van der Waals surface area contributed by atoms with Gasteiger partial charge in [-0.1, -0.05) is 12.1 Å². The quantitative estimate of drug-likeness (QED) is 0.576. The minimum Gasteiger partial charge on any atom is -0.548 e. The molecule has 1 aromatic rings. The number of carbonyl (C=O) groups is 3. The number of carbonyl (C=O) groups excluding carboxylic acids is 3. The number of aliphatic hydroxyl groups is 1. The largest absolute Gasteiger partial charge is 0.548 e. The molecule has 1 N–H and O–H groups in total. The molecule has 1 aliphatic rings. The Morgan fingerprint density at radius 3 is 2.48 bits per heavy atom. The maximum Gasteiger partial charge on any atom is 0.290 e. The Balaban J connectivity index is 2.67. The first-order chi connectivity index (χ1) is 10.8. The van der Waals surface area contributed by atoms with Crippen LogP contribution in [0.3, 0.4) is 0 Å². The van der Waals surface area contributed by atoms with E-state index in [-0.39, 0.29) is 11.1 Å². The summed E-state index contributed by atoms with van der Waals surface area (Å²) in [6.07, 6.45) is 0. The number of carboxylic acid groups (broad SMARTS) is 1. The van der Waals surface area contributed by atoms with Gasteiger partial charge in [-0.15, -0.1) is 0 Å². The van der Waals surface area contributed by atoms with Crippen molar-refractivity contribution in [2.45, 2.75) is 13.0 Å². The number of nitro benzene ring substituents is 1. The lowest BCUT2D eigenvalue weighted by Crippen LogP contribution is -2.41. The Hall–Kier alpha value is -3.23. The van der Waals surface area contributed by atoms with E-state index in [0.717, 1.165) is 13.0 Å². The van der Waals surface area contributed by atoms with Gasteiger partial charge in [0.1, 0.15) is 0 Å². The molecule has 1 atom stereocenters. The second-order valence-corrected chi connectivity index (χ2v) is 4.84. The van der Waals surface area contributed by atoms with Gasteiger partial charge >= 0.3 is 0 Å². The van der Waals surface area contributed by atoms with Crippen LogP contribution in [0.5, 0.6) is 0 Å². The van der Waals surface area contributed by atoms with Crippen LogP contribution < -0.4 is 5.11 Å². The van der Waals surface area contributed by atoms with E-state index in [0.29, 0.717) is 4.90 Å². The molecule has 0 saturated heterocycles. The molecule has 1 amide bonds. The lowest BCUT2D eigenvalue weighted by Gasteiger charge is -2.26. The predicted octanol–water partition coefficient (Wildman–Crippen LogP) is -0.371. The molecule has 0 aliphatic carbocycles. The molecule has 9 nitrogen and oxygen atoms in total. The number of para-hydroxylation sites is 1. The number of ketones is 1. The van der Waals surface area contributed by atoms with Gasteiger partial charge in [0.25, 0.3) is 11.6 Å². The summed E-state index contributed by atoms with van der Waals surface area (Å²) in [5.41, 5.74) is -0.853. The zero-order chi connectivity index (χ0) is 17.3. The van der Waals surface area contributed by atoms with Crippen molar-refractivity contribution in [3.05, 3.63) is 51.3 Å². The minimum absolute atomic E-state index is 0.0682. The standard InChI is InChI=1S/C14H12N2O7/c1-7(17)11-12(8-4-2-3-5-9(8)16(22)23)15(6-10(18)19)14(21)13(11)20/h2-5,12,20H,6H2,1H3,(H,18,19)/p-1/t12-/m0/s1. The Morgan fingerprint density at radius 1 is 1.35 bits per heavy atom. The molecule has 0 fully saturated rings. The van der Waals surface area contributed by atoms with Gasteiger partial charge in [-0.25, -0.2) is 0 Å². The molecule has 1 heterocycles. The molecule has 1 aromatic carbocycles. The van der Waals surface area contributed by atoms with E-state index in [9.17, 15) is 34.7 Å². The van der Waals surface area contributed by atoms with E-state index in [1.165, 1.54) is 18.2 Å². The molecule has 23 heavy (non-hydrogen) atoms. The van der Waals surface area contributed by atoms with Crippen LogP contribution in [0.1, 0.15) is 18.5 Å². The number of hydrogen-bond donors (Lipinski definition) is 1. The highest BCUT2D eigenvalue weighted by Gasteiger charge is 2.44. The van der Waals surface area contributed by atoms with Crippen LogP contribution in [0, 0.1) is 10.1 Å². The number of amides is 1. The third kappa shape index (κ3) is 2.76. The fraction of sp³-hybridized carbons (Fsp3) is 0.214. The number of nitro groups is 1. The van der Waals surface area contributed by atoms with E-state index in [1.807, 2.05) is 0 Å². The van der Waals surface area contributed by atoms with E-state index >= 15 is 0 Å². The van der Waals surface area contributed by atoms with Crippen molar-refractivity contribution in [2.24, 2.45) is 0 Å². The van der Waals surface area contributed by atoms with E-state index in [2.05, 4.69) is 0 Å². The van der Waals surface area contributed by atoms with Gasteiger partial charge in [-0.3, -0.25) is 19.7 Å². The number of rotatable bonds is 5. The average Bonchev–Trinajstić information content (AvgIpc) is 2.71. The Labute approximate surface area is 129 Å². The normalized spacial score (nSPS) is 17.5.